The predicted molar refractivity (Wildman–Crippen MR) is 80.8 cm³/mol. The number of hydrogen-bond donors (Lipinski definition) is 2. The minimum atomic E-state index is -1.10. The van der Waals surface area contributed by atoms with Gasteiger partial charge in [0.1, 0.15) is 10.7 Å². The Labute approximate surface area is 133 Å². The molecule has 1 unspecified atom stereocenters. The highest BCUT2D eigenvalue weighted by Crippen LogP contribution is 2.43. The maximum atomic E-state index is 11.7. The Morgan fingerprint density at radius 3 is 2.90 bits per heavy atom. The zero-order chi connectivity index (χ0) is 15.1. The van der Waals surface area contributed by atoms with Crippen molar-refractivity contribution in [3.63, 3.8) is 0 Å². The fourth-order valence-corrected chi connectivity index (χ4v) is 5.44. The molecule has 0 aliphatic carbocycles. The highest BCUT2D eigenvalue weighted by atomic mass is 32.2. The van der Waals surface area contributed by atoms with Crippen molar-refractivity contribution in [1.29, 1.82) is 0 Å². The number of fused-ring (bicyclic) bond motifs is 1. The molecule has 0 bridgehead atoms. The summed E-state index contributed by atoms with van der Waals surface area (Å²) in [7, 11) is 0. The summed E-state index contributed by atoms with van der Waals surface area (Å²) in [6.45, 7) is 1.86. The molecular formula is C11H12N4O3S3. The molecule has 0 spiro atoms. The van der Waals surface area contributed by atoms with Crippen LogP contribution in [0.4, 0.5) is 0 Å². The quantitative estimate of drug-likeness (QED) is 0.611. The lowest BCUT2D eigenvalue weighted by Gasteiger charge is -2.45. The molecule has 0 radical (unpaired) electrons. The number of carbonyl (C=O) groups excluding carboxylic acids is 1. The lowest BCUT2D eigenvalue weighted by molar-refractivity contribution is -0.146. The molecule has 2 aliphatic rings. The van der Waals surface area contributed by atoms with Gasteiger partial charge in [-0.2, -0.15) is 0 Å². The maximum Gasteiger partial charge on any atom is 0.352 e. The first-order valence-electron chi connectivity index (χ1n) is 6.09. The number of carboxylic acids is 1. The fourth-order valence-electron chi connectivity index (χ4n) is 2.17. The molecular weight excluding hydrogens is 332 g/mol. The number of carbonyl (C=O) groups is 2. The molecule has 10 heteroatoms. The largest absolute Gasteiger partial charge is 0.477 e. The van der Waals surface area contributed by atoms with Crippen molar-refractivity contribution in [2.45, 2.75) is 28.4 Å². The number of aryl methyl sites for hydroxylation is 1. The molecule has 0 saturated carbocycles. The van der Waals surface area contributed by atoms with Crippen LogP contribution < -0.4 is 5.73 Å². The molecule has 3 heterocycles. The topological polar surface area (TPSA) is 109 Å². The second-order valence-corrected chi connectivity index (χ2v) is 8.26. The first-order valence-corrected chi connectivity index (χ1v) is 8.84. The predicted octanol–water partition coefficient (Wildman–Crippen LogP) is 0.867. The van der Waals surface area contributed by atoms with Gasteiger partial charge in [-0.05, 0) is 12.5 Å². The van der Waals surface area contributed by atoms with Gasteiger partial charge in [-0.1, -0.05) is 23.1 Å². The van der Waals surface area contributed by atoms with Gasteiger partial charge in [-0.15, -0.1) is 22.0 Å². The van der Waals surface area contributed by atoms with Crippen molar-refractivity contribution < 1.29 is 14.7 Å². The van der Waals surface area contributed by atoms with E-state index in [4.69, 9.17) is 5.73 Å². The van der Waals surface area contributed by atoms with Crippen molar-refractivity contribution >= 4 is 46.7 Å². The number of amides is 1. The van der Waals surface area contributed by atoms with Crippen molar-refractivity contribution in [1.82, 2.24) is 15.1 Å². The van der Waals surface area contributed by atoms with Crippen molar-refractivity contribution in [3.8, 4) is 0 Å². The number of nitrogens with zero attached hydrogens (tertiary/aromatic N) is 3. The molecule has 2 aliphatic heterocycles. The van der Waals surface area contributed by atoms with Crippen LogP contribution in [0.25, 0.3) is 0 Å². The molecule has 3 rings (SSSR count). The van der Waals surface area contributed by atoms with Gasteiger partial charge < -0.3 is 10.8 Å². The van der Waals surface area contributed by atoms with Crippen LogP contribution in [0.5, 0.6) is 0 Å². The van der Waals surface area contributed by atoms with Gasteiger partial charge in [-0.25, -0.2) is 4.79 Å². The van der Waals surface area contributed by atoms with Crippen LogP contribution in [0.1, 0.15) is 11.4 Å². The first-order chi connectivity index (χ1) is 9.97. The molecule has 3 N–H and O–H groups in total. The Kier molecular flexibility index (Phi) is 3.95. The van der Waals surface area contributed by atoms with E-state index in [1.807, 2.05) is 6.92 Å². The van der Waals surface area contributed by atoms with Crippen molar-refractivity contribution in [2.75, 3.05) is 5.75 Å². The molecule has 7 nitrogen and oxygen atoms in total. The molecule has 0 aromatic carbocycles. The average molecular weight is 344 g/mol. The highest BCUT2D eigenvalue weighted by molar-refractivity contribution is 8.02. The number of aromatic nitrogens is 2. The van der Waals surface area contributed by atoms with Gasteiger partial charge >= 0.3 is 5.97 Å². The van der Waals surface area contributed by atoms with E-state index in [-0.39, 0.29) is 17.0 Å². The van der Waals surface area contributed by atoms with E-state index in [1.54, 1.807) is 0 Å². The van der Waals surface area contributed by atoms with Gasteiger partial charge in [-0.3, -0.25) is 9.69 Å². The van der Waals surface area contributed by atoms with E-state index in [0.29, 0.717) is 17.7 Å². The summed E-state index contributed by atoms with van der Waals surface area (Å²) in [5.74, 6) is -0.875. The third kappa shape index (κ3) is 2.68. The molecule has 1 saturated heterocycles. The molecule has 21 heavy (non-hydrogen) atoms. The lowest BCUT2D eigenvalue weighted by Crippen LogP contribution is -2.56. The van der Waals surface area contributed by atoms with Gasteiger partial charge in [0.25, 0.3) is 0 Å². The zero-order valence-electron chi connectivity index (χ0n) is 11.0. The zero-order valence-corrected chi connectivity index (χ0v) is 13.4. The Morgan fingerprint density at radius 2 is 2.33 bits per heavy atom. The summed E-state index contributed by atoms with van der Waals surface area (Å²) in [4.78, 5) is 24.5. The minimum Gasteiger partial charge on any atom is -0.477 e. The maximum absolute atomic E-state index is 11.7. The number of rotatable bonds is 4. The number of carboxylic acid groups (broad SMARTS) is 1. The summed E-state index contributed by atoms with van der Waals surface area (Å²) < 4.78 is 0.763. The third-order valence-electron chi connectivity index (χ3n) is 3.16. The van der Waals surface area contributed by atoms with Gasteiger partial charge in [0, 0.05) is 5.75 Å². The number of nitrogens with two attached hydrogens (primary N) is 1. The Balaban J connectivity index is 1.86. The van der Waals surface area contributed by atoms with Crippen molar-refractivity contribution in [3.05, 3.63) is 16.3 Å². The molecule has 1 aromatic heterocycles. The number of β-lactam (4-membered cyclic amide) rings is 1. The highest BCUT2D eigenvalue weighted by Gasteiger charge is 2.47. The van der Waals surface area contributed by atoms with Crippen LogP contribution >= 0.6 is 34.9 Å². The Morgan fingerprint density at radius 1 is 1.57 bits per heavy atom. The van der Waals surface area contributed by atoms with E-state index in [1.165, 1.54) is 39.8 Å². The van der Waals surface area contributed by atoms with Gasteiger partial charge in [0.15, 0.2) is 4.34 Å². The van der Waals surface area contributed by atoms with Crippen LogP contribution in [0.15, 0.2) is 15.6 Å². The summed E-state index contributed by atoms with van der Waals surface area (Å²) in [6, 6.07) is 0. The average Bonchev–Trinajstić information content (AvgIpc) is 2.82. The smallest absolute Gasteiger partial charge is 0.352 e. The first kappa shape index (κ1) is 14.8. The lowest BCUT2D eigenvalue weighted by atomic mass is 10.1. The SMILES string of the molecule is Cc1nnc(SCC2=C(C(=O)O)N3C(=O)C[C@H]3SC2N)s1. The minimum absolute atomic E-state index is 0.0382. The standard InChI is InChI=1S/C11H12N4O3S3/c1-4-13-14-11(20-4)19-3-5-8(10(17)18)15-6(16)2-7(15)21-9(5)12/h7,9H,2-3,12H2,1H3,(H,17,18)/t7-,9?/m1/s1. The van der Waals surface area contributed by atoms with Crippen LogP contribution in [0.3, 0.4) is 0 Å². The Bertz CT molecular complexity index is 644. The van der Waals surface area contributed by atoms with E-state index in [9.17, 15) is 14.7 Å². The second-order valence-electron chi connectivity index (χ2n) is 4.53. The Hall–Kier alpha value is -1.10. The summed E-state index contributed by atoms with van der Waals surface area (Å²) in [5.41, 5.74) is 6.67. The number of thioether (sulfide) groups is 2. The second kappa shape index (κ2) is 5.59. The molecule has 2 atom stereocenters. The summed E-state index contributed by atoms with van der Waals surface area (Å²) >= 11 is 4.26. The van der Waals surface area contributed by atoms with Crippen LogP contribution in [-0.4, -0.2) is 48.6 Å². The number of aliphatic carboxylic acids is 1. The van der Waals surface area contributed by atoms with E-state index in [0.717, 1.165) is 9.35 Å². The van der Waals surface area contributed by atoms with E-state index in [2.05, 4.69) is 10.2 Å². The molecule has 112 valence electrons. The molecule has 1 amide bonds. The summed E-state index contributed by atoms with van der Waals surface area (Å²) in [5, 5.41) is 17.6. The third-order valence-corrected chi connectivity index (χ3v) is 6.45. The van der Waals surface area contributed by atoms with Crippen LogP contribution in [-0.2, 0) is 9.59 Å². The van der Waals surface area contributed by atoms with E-state index < -0.39 is 11.3 Å². The fraction of sp³-hybridized carbons (Fsp3) is 0.455. The summed E-state index contributed by atoms with van der Waals surface area (Å²) in [6.07, 6.45) is 0.352. The van der Waals surface area contributed by atoms with Crippen LogP contribution in [0.2, 0.25) is 0 Å². The molecule has 1 fully saturated rings. The van der Waals surface area contributed by atoms with Gasteiger partial charge in [0.2, 0.25) is 5.91 Å². The van der Waals surface area contributed by atoms with Crippen LogP contribution in [0, 0.1) is 6.92 Å². The van der Waals surface area contributed by atoms with E-state index >= 15 is 0 Å². The molecule has 1 aromatic rings. The normalized spacial score (nSPS) is 24.9. The number of hydrogen-bond acceptors (Lipinski definition) is 8. The van der Waals surface area contributed by atoms with Crippen molar-refractivity contribution in [2.24, 2.45) is 5.73 Å². The van der Waals surface area contributed by atoms with Gasteiger partial charge in [0.05, 0.1) is 17.2 Å². The monoisotopic (exact) mass is 344 g/mol.